The van der Waals surface area contributed by atoms with E-state index in [0.717, 1.165) is 31.6 Å². The minimum atomic E-state index is -0.206. The summed E-state index contributed by atoms with van der Waals surface area (Å²) in [7, 11) is 3.83. The summed E-state index contributed by atoms with van der Waals surface area (Å²) in [5.74, 6) is -0.0129. The number of halogens is 1. The monoisotopic (exact) mass is 352 g/mol. The standard InChI is InChI=1S/C17H24N4O2.ClH/c1-11-16(22)19-14-9-12(6-7-15(14)20(11)3)17(23)21-8-4-5-13(10-21)18-2;/h6-7,9,11,13,18H,4-5,8,10H2,1-3H3,(H,19,22);1H. The van der Waals surface area contributed by atoms with Crippen molar-refractivity contribution in [2.45, 2.75) is 31.8 Å². The zero-order chi connectivity index (χ0) is 16.6. The molecule has 132 valence electrons. The first-order valence-electron chi connectivity index (χ1n) is 8.15. The minimum Gasteiger partial charge on any atom is -0.361 e. The average molecular weight is 353 g/mol. The summed E-state index contributed by atoms with van der Waals surface area (Å²) in [5, 5.41) is 6.14. The summed E-state index contributed by atoms with van der Waals surface area (Å²) in [6.07, 6.45) is 2.11. The summed E-state index contributed by atoms with van der Waals surface area (Å²) >= 11 is 0. The molecule has 1 aromatic rings. The van der Waals surface area contributed by atoms with E-state index in [1.807, 2.05) is 43.0 Å². The van der Waals surface area contributed by atoms with Crippen LogP contribution in [-0.2, 0) is 4.79 Å². The molecule has 2 atom stereocenters. The topological polar surface area (TPSA) is 64.7 Å². The van der Waals surface area contributed by atoms with Gasteiger partial charge in [-0.3, -0.25) is 9.59 Å². The highest BCUT2D eigenvalue weighted by atomic mass is 35.5. The second kappa shape index (κ2) is 7.40. The Balaban J connectivity index is 0.00000208. The van der Waals surface area contributed by atoms with Crippen LogP contribution in [0.2, 0.25) is 0 Å². The van der Waals surface area contributed by atoms with Gasteiger partial charge in [-0.05, 0) is 45.0 Å². The number of fused-ring (bicyclic) bond motifs is 1. The SMILES string of the molecule is CNC1CCCN(C(=O)c2ccc3c(c2)NC(=O)C(C)N3C)C1.Cl. The molecule has 0 aliphatic carbocycles. The Bertz CT molecular complexity index is 637. The molecule has 1 saturated heterocycles. The van der Waals surface area contributed by atoms with Crippen molar-refractivity contribution >= 4 is 35.6 Å². The minimum absolute atomic E-state index is 0. The van der Waals surface area contributed by atoms with Crippen LogP contribution >= 0.6 is 12.4 Å². The Morgan fingerprint density at radius 3 is 2.83 bits per heavy atom. The van der Waals surface area contributed by atoms with Crippen molar-refractivity contribution in [1.82, 2.24) is 10.2 Å². The number of carbonyl (C=O) groups excluding carboxylic acids is 2. The van der Waals surface area contributed by atoms with Crippen molar-refractivity contribution in [2.24, 2.45) is 0 Å². The van der Waals surface area contributed by atoms with Crippen LogP contribution in [0.1, 0.15) is 30.1 Å². The third-order valence-electron chi connectivity index (χ3n) is 4.96. The van der Waals surface area contributed by atoms with Crippen molar-refractivity contribution in [3.63, 3.8) is 0 Å². The van der Waals surface area contributed by atoms with E-state index < -0.39 is 0 Å². The Morgan fingerprint density at radius 2 is 2.12 bits per heavy atom. The number of anilines is 2. The lowest BCUT2D eigenvalue weighted by atomic mass is 10.0. The number of hydrogen-bond donors (Lipinski definition) is 2. The van der Waals surface area contributed by atoms with E-state index in [1.165, 1.54) is 0 Å². The fourth-order valence-corrected chi connectivity index (χ4v) is 3.28. The summed E-state index contributed by atoms with van der Waals surface area (Å²) < 4.78 is 0. The van der Waals surface area contributed by atoms with Crippen LogP contribution in [0.5, 0.6) is 0 Å². The number of carbonyl (C=O) groups is 2. The van der Waals surface area contributed by atoms with Crippen molar-refractivity contribution in [2.75, 3.05) is 37.4 Å². The van der Waals surface area contributed by atoms with Gasteiger partial charge in [0.1, 0.15) is 6.04 Å². The molecule has 0 aromatic heterocycles. The number of rotatable bonds is 2. The predicted molar refractivity (Wildman–Crippen MR) is 98.2 cm³/mol. The second-order valence-electron chi connectivity index (χ2n) is 6.39. The first-order valence-corrected chi connectivity index (χ1v) is 8.15. The number of amides is 2. The quantitative estimate of drug-likeness (QED) is 0.850. The molecule has 24 heavy (non-hydrogen) atoms. The highest BCUT2D eigenvalue weighted by Crippen LogP contribution is 2.32. The van der Waals surface area contributed by atoms with Crippen molar-refractivity contribution in [3.8, 4) is 0 Å². The summed E-state index contributed by atoms with van der Waals surface area (Å²) in [6, 6.07) is 5.71. The van der Waals surface area contributed by atoms with E-state index in [0.29, 0.717) is 17.3 Å². The number of nitrogens with zero attached hydrogens (tertiary/aromatic N) is 2. The molecule has 2 aliphatic rings. The van der Waals surface area contributed by atoms with Crippen LogP contribution in [0.4, 0.5) is 11.4 Å². The molecule has 1 aromatic carbocycles. The van der Waals surface area contributed by atoms with Crippen LogP contribution < -0.4 is 15.5 Å². The van der Waals surface area contributed by atoms with E-state index in [2.05, 4.69) is 10.6 Å². The molecule has 2 heterocycles. The largest absolute Gasteiger partial charge is 0.361 e. The maximum atomic E-state index is 12.7. The first-order chi connectivity index (χ1) is 11.0. The second-order valence-corrected chi connectivity index (χ2v) is 6.39. The molecule has 0 spiro atoms. The Kier molecular flexibility index (Phi) is 5.72. The predicted octanol–water partition coefficient (Wildman–Crippen LogP) is 1.71. The smallest absolute Gasteiger partial charge is 0.253 e. The van der Waals surface area contributed by atoms with Crippen LogP contribution in [0, 0.1) is 0 Å². The highest BCUT2D eigenvalue weighted by molar-refractivity contribution is 6.05. The van der Waals surface area contributed by atoms with Gasteiger partial charge < -0.3 is 20.4 Å². The number of likely N-dealkylation sites (N-methyl/N-ethyl adjacent to an activating group) is 2. The summed E-state index contributed by atoms with van der Waals surface area (Å²) in [6.45, 7) is 3.38. The fraction of sp³-hybridized carbons (Fsp3) is 0.529. The zero-order valence-electron chi connectivity index (χ0n) is 14.3. The third kappa shape index (κ3) is 3.35. The average Bonchev–Trinajstić information content (AvgIpc) is 2.58. The summed E-state index contributed by atoms with van der Waals surface area (Å²) in [4.78, 5) is 28.5. The Morgan fingerprint density at radius 1 is 1.38 bits per heavy atom. The molecule has 0 saturated carbocycles. The number of benzene rings is 1. The van der Waals surface area contributed by atoms with Crippen molar-refractivity contribution in [3.05, 3.63) is 23.8 Å². The Labute approximate surface area is 149 Å². The van der Waals surface area contributed by atoms with Gasteiger partial charge in [0, 0.05) is 31.7 Å². The first kappa shape index (κ1) is 18.5. The lowest BCUT2D eigenvalue weighted by Crippen LogP contribution is -2.47. The van der Waals surface area contributed by atoms with E-state index in [-0.39, 0.29) is 30.3 Å². The van der Waals surface area contributed by atoms with Gasteiger partial charge in [0.05, 0.1) is 11.4 Å². The highest BCUT2D eigenvalue weighted by Gasteiger charge is 2.29. The maximum absolute atomic E-state index is 12.7. The van der Waals surface area contributed by atoms with Gasteiger partial charge >= 0.3 is 0 Å². The van der Waals surface area contributed by atoms with Gasteiger partial charge in [-0.15, -0.1) is 12.4 Å². The number of nitrogens with one attached hydrogen (secondary N) is 2. The van der Waals surface area contributed by atoms with E-state index >= 15 is 0 Å². The molecule has 2 amide bonds. The normalized spacial score (nSPS) is 23.2. The molecule has 2 unspecified atom stereocenters. The number of piperidine rings is 1. The van der Waals surface area contributed by atoms with Gasteiger partial charge in [0.25, 0.3) is 5.91 Å². The lowest BCUT2D eigenvalue weighted by Gasteiger charge is -2.34. The molecule has 0 bridgehead atoms. The molecule has 3 rings (SSSR count). The molecule has 2 N–H and O–H groups in total. The van der Waals surface area contributed by atoms with Crippen molar-refractivity contribution in [1.29, 1.82) is 0 Å². The van der Waals surface area contributed by atoms with Crippen molar-refractivity contribution < 1.29 is 9.59 Å². The molecular weight excluding hydrogens is 328 g/mol. The van der Waals surface area contributed by atoms with Crippen LogP contribution in [0.15, 0.2) is 18.2 Å². The summed E-state index contributed by atoms with van der Waals surface area (Å²) in [5.41, 5.74) is 2.28. The molecule has 7 heteroatoms. The maximum Gasteiger partial charge on any atom is 0.253 e. The third-order valence-corrected chi connectivity index (χ3v) is 4.96. The van der Waals surface area contributed by atoms with Gasteiger partial charge in [-0.25, -0.2) is 0 Å². The number of likely N-dealkylation sites (tertiary alicyclic amines) is 1. The molecule has 1 fully saturated rings. The fourth-order valence-electron chi connectivity index (χ4n) is 3.28. The van der Waals surface area contributed by atoms with E-state index in [9.17, 15) is 9.59 Å². The molecule has 2 aliphatic heterocycles. The lowest BCUT2D eigenvalue weighted by molar-refractivity contribution is -0.117. The van der Waals surface area contributed by atoms with Gasteiger partial charge in [0.15, 0.2) is 0 Å². The van der Waals surface area contributed by atoms with E-state index in [1.54, 1.807) is 6.07 Å². The van der Waals surface area contributed by atoms with Gasteiger partial charge in [0.2, 0.25) is 5.91 Å². The van der Waals surface area contributed by atoms with E-state index in [4.69, 9.17) is 0 Å². The van der Waals surface area contributed by atoms with Crippen LogP contribution in [0.25, 0.3) is 0 Å². The Hall–Kier alpha value is -1.79. The molecular formula is C17H25ClN4O2. The number of hydrogen-bond acceptors (Lipinski definition) is 4. The van der Waals surface area contributed by atoms with Gasteiger partial charge in [-0.1, -0.05) is 0 Å². The van der Waals surface area contributed by atoms with Crippen LogP contribution in [-0.4, -0.2) is 56.0 Å². The molecule has 0 radical (unpaired) electrons. The zero-order valence-corrected chi connectivity index (χ0v) is 15.2. The van der Waals surface area contributed by atoms with Crippen LogP contribution in [0.3, 0.4) is 0 Å². The molecule has 6 nitrogen and oxygen atoms in total. The van der Waals surface area contributed by atoms with Gasteiger partial charge in [-0.2, -0.15) is 0 Å².